The van der Waals surface area contributed by atoms with E-state index in [9.17, 15) is 0 Å². The van der Waals surface area contributed by atoms with Crippen LogP contribution in [-0.2, 0) is 0 Å². The summed E-state index contributed by atoms with van der Waals surface area (Å²) in [6.07, 6.45) is 6.25. The third-order valence-corrected chi connectivity index (χ3v) is 3.72. The predicted molar refractivity (Wildman–Crippen MR) is 48.4 cm³/mol. The maximum atomic E-state index is 8.45. The van der Waals surface area contributed by atoms with Gasteiger partial charge >= 0.3 is 0 Å². The van der Waals surface area contributed by atoms with Gasteiger partial charge in [0.25, 0.3) is 0 Å². The Balaban J connectivity index is 2.23. The molecular formula is C10H15NO. The summed E-state index contributed by atoms with van der Waals surface area (Å²) in [6, 6.07) is 0. The quantitative estimate of drug-likeness (QED) is 0.361. The van der Waals surface area contributed by atoms with Gasteiger partial charge in [0.2, 0.25) is 0 Å². The topological polar surface area (TPSA) is 32.6 Å². The zero-order chi connectivity index (χ0) is 8.77. The van der Waals surface area contributed by atoms with Crippen molar-refractivity contribution in [3.8, 4) is 0 Å². The van der Waals surface area contributed by atoms with Crippen LogP contribution >= 0.6 is 0 Å². The summed E-state index contributed by atoms with van der Waals surface area (Å²) in [6.45, 7) is 4.62. The van der Waals surface area contributed by atoms with E-state index in [-0.39, 0.29) is 0 Å². The highest BCUT2D eigenvalue weighted by Crippen LogP contribution is 2.58. The van der Waals surface area contributed by atoms with Gasteiger partial charge in [-0.05, 0) is 35.7 Å². The standard InChI is InChI=1S/C10H15NO/c1-10(2)8-4-3-7(6-11-12)9(10)5-8/h3,6,8-9,12H,4-5H2,1-2H3/b11-6+. The SMILES string of the molecule is CC1(C)C2CC=C(/C=N/O)C1C2. The lowest BCUT2D eigenvalue weighted by molar-refractivity contribution is -0.00141. The van der Waals surface area contributed by atoms with E-state index >= 15 is 0 Å². The molecule has 0 saturated heterocycles. The number of hydrogen-bond donors (Lipinski definition) is 1. The normalized spacial score (nSPS) is 37.7. The molecule has 2 heteroatoms. The molecule has 0 aromatic carbocycles. The van der Waals surface area contributed by atoms with Gasteiger partial charge < -0.3 is 5.21 Å². The minimum absolute atomic E-state index is 0.436. The van der Waals surface area contributed by atoms with Crippen molar-refractivity contribution < 1.29 is 5.21 Å². The zero-order valence-electron chi connectivity index (χ0n) is 7.62. The van der Waals surface area contributed by atoms with E-state index in [0.29, 0.717) is 11.3 Å². The van der Waals surface area contributed by atoms with Crippen molar-refractivity contribution in [3.05, 3.63) is 11.6 Å². The summed E-state index contributed by atoms with van der Waals surface area (Å²) in [5.74, 6) is 1.49. The fraction of sp³-hybridized carbons (Fsp3) is 0.700. The van der Waals surface area contributed by atoms with Crippen molar-refractivity contribution in [2.24, 2.45) is 22.4 Å². The van der Waals surface area contributed by atoms with Gasteiger partial charge in [-0.1, -0.05) is 25.1 Å². The highest BCUT2D eigenvalue weighted by molar-refractivity contribution is 5.79. The number of hydrogen-bond acceptors (Lipinski definition) is 2. The summed E-state index contributed by atoms with van der Waals surface area (Å²) in [4.78, 5) is 0. The van der Waals surface area contributed by atoms with Gasteiger partial charge in [-0.3, -0.25) is 0 Å². The second kappa shape index (κ2) is 2.35. The third kappa shape index (κ3) is 0.838. The van der Waals surface area contributed by atoms with Gasteiger partial charge in [-0.2, -0.15) is 0 Å². The van der Waals surface area contributed by atoms with E-state index in [0.717, 1.165) is 12.3 Å². The van der Waals surface area contributed by atoms with Crippen LogP contribution in [0.25, 0.3) is 0 Å². The Kier molecular flexibility index (Phi) is 1.53. The number of fused-ring (bicyclic) bond motifs is 1. The highest BCUT2D eigenvalue weighted by Gasteiger charge is 2.50. The number of nitrogens with zero attached hydrogens (tertiary/aromatic N) is 1. The van der Waals surface area contributed by atoms with Crippen LogP contribution < -0.4 is 0 Å². The Morgan fingerprint density at radius 2 is 2.42 bits per heavy atom. The molecule has 2 bridgehead atoms. The molecule has 0 aromatic heterocycles. The van der Waals surface area contributed by atoms with Crippen molar-refractivity contribution in [1.82, 2.24) is 0 Å². The molecule has 2 nitrogen and oxygen atoms in total. The Morgan fingerprint density at radius 3 is 2.92 bits per heavy atom. The van der Waals surface area contributed by atoms with Gasteiger partial charge in [-0.15, -0.1) is 0 Å². The lowest BCUT2D eigenvalue weighted by Crippen LogP contribution is -2.48. The second-order valence-electron chi connectivity index (χ2n) is 4.49. The molecule has 0 aliphatic heterocycles. The van der Waals surface area contributed by atoms with Crippen LogP contribution in [0.15, 0.2) is 16.8 Å². The first kappa shape index (κ1) is 7.84. The van der Waals surface area contributed by atoms with E-state index in [2.05, 4.69) is 25.1 Å². The molecule has 0 aromatic rings. The second-order valence-corrected chi connectivity index (χ2v) is 4.49. The number of rotatable bonds is 1. The fourth-order valence-electron chi connectivity index (χ4n) is 2.61. The van der Waals surface area contributed by atoms with E-state index in [1.807, 2.05) is 0 Å². The fourth-order valence-corrected chi connectivity index (χ4v) is 2.61. The van der Waals surface area contributed by atoms with E-state index < -0.39 is 0 Å². The molecular weight excluding hydrogens is 150 g/mol. The molecule has 66 valence electrons. The maximum Gasteiger partial charge on any atom is 0.0693 e. The molecule has 0 spiro atoms. The first-order valence-corrected chi connectivity index (χ1v) is 4.53. The molecule has 0 amide bonds. The van der Waals surface area contributed by atoms with Crippen LogP contribution in [0.4, 0.5) is 0 Å². The molecule has 0 heterocycles. The van der Waals surface area contributed by atoms with Crippen molar-refractivity contribution in [3.63, 3.8) is 0 Å². The monoisotopic (exact) mass is 165 g/mol. The van der Waals surface area contributed by atoms with Crippen LogP contribution in [0.3, 0.4) is 0 Å². The van der Waals surface area contributed by atoms with E-state index in [1.165, 1.54) is 12.0 Å². The molecule has 3 aliphatic carbocycles. The third-order valence-electron chi connectivity index (χ3n) is 3.72. The molecule has 3 aliphatic rings. The Morgan fingerprint density at radius 1 is 1.67 bits per heavy atom. The van der Waals surface area contributed by atoms with Crippen LogP contribution in [0, 0.1) is 17.3 Å². The first-order chi connectivity index (χ1) is 5.66. The van der Waals surface area contributed by atoms with Crippen LogP contribution in [-0.4, -0.2) is 11.4 Å². The number of allylic oxidation sites excluding steroid dienone is 2. The molecule has 1 fully saturated rings. The van der Waals surface area contributed by atoms with Gasteiger partial charge in [0.1, 0.15) is 0 Å². The van der Waals surface area contributed by atoms with Crippen molar-refractivity contribution in [2.45, 2.75) is 26.7 Å². The summed E-state index contributed by atoms with van der Waals surface area (Å²) in [7, 11) is 0. The lowest BCUT2D eigenvalue weighted by atomic mass is 9.49. The van der Waals surface area contributed by atoms with Crippen LogP contribution in [0.5, 0.6) is 0 Å². The van der Waals surface area contributed by atoms with E-state index in [1.54, 1.807) is 6.21 Å². The average molecular weight is 165 g/mol. The summed E-state index contributed by atoms with van der Waals surface area (Å²) < 4.78 is 0. The van der Waals surface area contributed by atoms with Crippen LogP contribution in [0.1, 0.15) is 26.7 Å². The van der Waals surface area contributed by atoms with E-state index in [4.69, 9.17) is 5.21 Å². The minimum atomic E-state index is 0.436. The van der Waals surface area contributed by atoms with Crippen molar-refractivity contribution in [1.29, 1.82) is 0 Å². The largest absolute Gasteiger partial charge is 0.411 e. The molecule has 3 rings (SSSR count). The molecule has 0 radical (unpaired) electrons. The summed E-state index contributed by atoms with van der Waals surface area (Å²) in [5.41, 5.74) is 1.66. The number of oxime groups is 1. The van der Waals surface area contributed by atoms with Gasteiger partial charge in [-0.25, -0.2) is 0 Å². The van der Waals surface area contributed by atoms with Crippen molar-refractivity contribution >= 4 is 6.21 Å². The van der Waals surface area contributed by atoms with Gasteiger partial charge in [0.05, 0.1) is 6.21 Å². The molecule has 2 atom stereocenters. The minimum Gasteiger partial charge on any atom is -0.411 e. The zero-order valence-corrected chi connectivity index (χ0v) is 7.62. The summed E-state index contributed by atoms with van der Waals surface area (Å²) in [5, 5.41) is 11.6. The van der Waals surface area contributed by atoms with Crippen molar-refractivity contribution in [2.75, 3.05) is 0 Å². The maximum absolute atomic E-state index is 8.45. The molecule has 1 saturated carbocycles. The molecule has 2 unspecified atom stereocenters. The molecule has 1 N–H and O–H groups in total. The average Bonchev–Trinajstić information content (AvgIpc) is 2.05. The summed E-state index contributed by atoms with van der Waals surface area (Å²) >= 11 is 0. The smallest absolute Gasteiger partial charge is 0.0693 e. The Bertz CT molecular complexity index is 253. The first-order valence-electron chi connectivity index (χ1n) is 4.53. The predicted octanol–water partition coefficient (Wildman–Crippen LogP) is 2.44. The van der Waals surface area contributed by atoms with Crippen LogP contribution in [0.2, 0.25) is 0 Å². The van der Waals surface area contributed by atoms with Gasteiger partial charge in [0, 0.05) is 0 Å². The molecule has 12 heavy (non-hydrogen) atoms. The van der Waals surface area contributed by atoms with Gasteiger partial charge in [0.15, 0.2) is 0 Å². The highest BCUT2D eigenvalue weighted by atomic mass is 16.4. The lowest BCUT2D eigenvalue weighted by Gasteiger charge is -2.55. The Labute approximate surface area is 73.0 Å². The Hall–Kier alpha value is -0.790.